The molecule has 0 atom stereocenters. The van der Waals surface area contributed by atoms with Gasteiger partial charge < -0.3 is 30.2 Å². The van der Waals surface area contributed by atoms with Crippen molar-refractivity contribution in [2.45, 2.75) is 0 Å². The van der Waals surface area contributed by atoms with Gasteiger partial charge in [0.15, 0.2) is 11.5 Å². The first kappa shape index (κ1) is 25.9. The monoisotopic (exact) mass is 516 g/mol. The summed E-state index contributed by atoms with van der Waals surface area (Å²) in [5, 5.41) is 2.93. The van der Waals surface area contributed by atoms with E-state index in [0.29, 0.717) is 24.6 Å². The molecular weight excluding hydrogens is 483 g/mol. The summed E-state index contributed by atoms with van der Waals surface area (Å²) in [4.78, 5) is 33.2. The lowest BCUT2D eigenvalue weighted by Crippen LogP contribution is -2.47. The minimum atomic E-state index is -0.428. The molecule has 0 aliphatic carbocycles. The molecule has 1 aromatic carbocycles. The van der Waals surface area contributed by atoms with E-state index in [1.54, 1.807) is 26.6 Å². The number of nitrogen functional groups attached to an aromatic ring is 1. The topological polar surface area (TPSA) is 122 Å². The van der Waals surface area contributed by atoms with Crippen LogP contribution in [-0.2, 0) is 9.39 Å². The number of carbonyl (C=O) groups is 1. The number of benzene rings is 1. The van der Waals surface area contributed by atoms with Gasteiger partial charge in [-0.3, -0.25) is 14.7 Å². The van der Waals surface area contributed by atoms with Gasteiger partial charge in [-0.05, 0) is 18.2 Å². The van der Waals surface area contributed by atoms with Gasteiger partial charge in [-0.25, -0.2) is 9.97 Å². The summed E-state index contributed by atoms with van der Waals surface area (Å²) >= 11 is 0. The van der Waals surface area contributed by atoms with E-state index in [4.69, 9.17) is 15.1 Å². The van der Waals surface area contributed by atoms with Gasteiger partial charge in [0.2, 0.25) is 0 Å². The molecule has 2 aliphatic rings. The van der Waals surface area contributed by atoms with Gasteiger partial charge >= 0.3 is 0 Å². The number of morpholine rings is 1. The van der Waals surface area contributed by atoms with E-state index in [-0.39, 0.29) is 11.5 Å². The van der Waals surface area contributed by atoms with Gasteiger partial charge in [-0.2, -0.15) is 0 Å². The molecule has 3 aromatic rings. The van der Waals surface area contributed by atoms with Crippen LogP contribution in [0.2, 0.25) is 0 Å². The van der Waals surface area contributed by atoms with Crippen LogP contribution in [0.1, 0.15) is 10.5 Å². The first-order valence-electron chi connectivity index (χ1n) is 12.9. The van der Waals surface area contributed by atoms with Crippen LogP contribution < -0.4 is 20.9 Å². The number of nitrogens with zero attached hydrogens (tertiary/aromatic N) is 6. The largest absolute Gasteiger partial charge is 0.443 e. The number of nitrogens with two attached hydrogens (primary N) is 1. The van der Waals surface area contributed by atoms with Crippen LogP contribution in [0.25, 0.3) is 11.3 Å². The minimum absolute atomic E-state index is 0.0750. The molecule has 5 rings (SSSR count). The molecule has 2 aromatic heterocycles. The predicted octanol–water partition coefficient (Wildman–Crippen LogP) is 0.896. The quantitative estimate of drug-likeness (QED) is 0.418. The third-order valence-corrected chi connectivity index (χ3v) is 6.93. The number of ether oxygens (including phenoxy) is 1. The molecule has 4 heterocycles. The second-order valence-corrected chi connectivity index (χ2v) is 9.30. The maximum atomic E-state index is 13.2. The average molecular weight is 516 g/mol. The van der Waals surface area contributed by atoms with E-state index in [2.05, 4.69) is 47.1 Å². The number of amides is 1. The molecule has 12 heteroatoms. The predicted molar refractivity (Wildman–Crippen MR) is 150 cm³/mol. The van der Waals surface area contributed by atoms with Crippen LogP contribution in [0.4, 0.5) is 22.9 Å². The number of aromatic nitrogens is 3. The summed E-state index contributed by atoms with van der Waals surface area (Å²) in [5.41, 5.74) is 10.2. The number of hydrogen-bond donors (Lipinski definition) is 2. The van der Waals surface area contributed by atoms with E-state index in [1.807, 2.05) is 18.2 Å². The Kier molecular flexibility index (Phi) is 8.32. The van der Waals surface area contributed by atoms with Gasteiger partial charge in [0, 0.05) is 69.9 Å². The van der Waals surface area contributed by atoms with E-state index in [0.717, 1.165) is 69.4 Å². The Balaban J connectivity index is 1.28. The number of carbonyl (C=O) groups excluding carboxylic acids is 1. The van der Waals surface area contributed by atoms with Crippen molar-refractivity contribution in [1.82, 2.24) is 19.9 Å². The first-order valence-corrected chi connectivity index (χ1v) is 12.9. The Bertz CT molecular complexity index is 1230. The normalized spacial score (nSPS) is 16.4. The highest BCUT2D eigenvalue weighted by Crippen LogP contribution is 2.27. The van der Waals surface area contributed by atoms with Gasteiger partial charge in [-0.15, -0.1) is 0 Å². The lowest BCUT2D eigenvalue weighted by molar-refractivity contribution is 0.102. The molecule has 38 heavy (non-hydrogen) atoms. The summed E-state index contributed by atoms with van der Waals surface area (Å²) in [6.45, 7) is 8.44. The Hall–Kier alpha value is -3.74. The zero-order valence-corrected chi connectivity index (χ0v) is 21.7. The summed E-state index contributed by atoms with van der Waals surface area (Å²) in [5.74, 6) is -0.353. The van der Waals surface area contributed by atoms with E-state index >= 15 is 0 Å². The number of pyridine rings is 1. The van der Waals surface area contributed by atoms with Crippen molar-refractivity contribution < 1.29 is 14.2 Å². The number of hydrogen-bond acceptors (Lipinski definition) is 10. The first-order chi connectivity index (χ1) is 18.6. The van der Waals surface area contributed by atoms with E-state index in [9.17, 15) is 4.79 Å². The Morgan fingerprint density at radius 1 is 1.03 bits per heavy atom. The molecule has 2 aliphatic heterocycles. The average Bonchev–Trinajstić information content (AvgIpc) is 2.97. The molecule has 11 nitrogen and oxygen atoms in total. The molecule has 0 spiro atoms. The van der Waals surface area contributed by atoms with Crippen molar-refractivity contribution in [3.63, 3.8) is 0 Å². The highest BCUT2D eigenvalue weighted by molar-refractivity contribution is 6.07. The lowest BCUT2D eigenvalue weighted by Gasteiger charge is -2.36. The fraction of sp³-hybridized carbons (Fsp3) is 0.385. The Morgan fingerprint density at radius 3 is 2.53 bits per heavy atom. The molecule has 3 N–H and O–H groups in total. The highest BCUT2D eigenvalue weighted by Gasteiger charge is 2.20. The van der Waals surface area contributed by atoms with E-state index < -0.39 is 5.91 Å². The molecule has 0 unspecified atom stereocenters. The van der Waals surface area contributed by atoms with Crippen LogP contribution in [0.5, 0.6) is 0 Å². The van der Waals surface area contributed by atoms with E-state index in [1.165, 1.54) is 0 Å². The molecule has 1 amide bonds. The Morgan fingerprint density at radius 2 is 1.79 bits per heavy atom. The van der Waals surface area contributed by atoms with Crippen molar-refractivity contribution in [3.8, 4) is 11.3 Å². The second kappa shape index (κ2) is 12.2. The van der Waals surface area contributed by atoms with Crippen molar-refractivity contribution in [1.29, 1.82) is 0 Å². The molecule has 2 saturated heterocycles. The standard InChI is InChI=1S/C26H33BN8O3/c27-38-16-11-33-7-9-34(10-8-33)20-3-1-19(2-4-20)21-18-30-25(28)24(31-21)26(36)32-22-17-29-6-5-23(22)35-12-14-37-15-13-35/h1-6,17-18H,7-16,27H2,(H2,28,30)(H,32,36). The molecular formula is C26H33BN8O3. The molecule has 2 fully saturated rings. The Labute approximate surface area is 223 Å². The summed E-state index contributed by atoms with van der Waals surface area (Å²) in [7, 11) is 1.74. The number of piperazine rings is 1. The van der Waals surface area contributed by atoms with Crippen LogP contribution >= 0.6 is 0 Å². The third-order valence-electron chi connectivity index (χ3n) is 6.93. The zero-order chi connectivity index (χ0) is 26.3. The molecule has 0 saturated carbocycles. The lowest BCUT2D eigenvalue weighted by atomic mass is 10.1. The van der Waals surface area contributed by atoms with Gasteiger partial charge in [0.05, 0.1) is 42.7 Å². The summed E-state index contributed by atoms with van der Waals surface area (Å²) in [6, 6.07) is 10.1. The van der Waals surface area contributed by atoms with Crippen LogP contribution in [0.15, 0.2) is 48.9 Å². The fourth-order valence-corrected chi connectivity index (χ4v) is 4.74. The molecule has 0 bridgehead atoms. The summed E-state index contributed by atoms with van der Waals surface area (Å²) < 4.78 is 10.6. The maximum absolute atomic E-state index is 13.2. The maximum Gasteiger partial charge on any atom is 0.278 e. The van der Waals surface area contributed by atoms with Crippen molar-refractivity contribution in [2.75, 3.05) is 86.5 Å². The SMILES string of the molecule is BOCCN1CCN(c2ccc(-c3cnc(N)c(C(=O)Nc4cnccc4N4CCOCC4)n3)cc2)CC1. The van der Waals surface area contributed by atoms with Crippen molar-refractivity contribution in [3.05, 3.63) is 54.6 Å². The van der Waals surface area contributed by atoms with Gasteiger partial charge in [-0.1, -0.05) is 12.1 Å². The number of nitrogens with one attached hydrogen (secondary N) is 1. The zero-order valence-electron chi connectivity index (χ0n) is 21.7. The van der Waals surface area contributed by atoms with Crippen molar-refractivity contribution in [2.24, 2.45) is 0 Å². The van der Waals surface area contributed by atoms with Gasteiger partial charge in [0.1, 0.15) is 0 Å². The minimum Gasteiger partial charge on any atom is -0.443 e. The molecule has 198 valence electrons. The number of anilines is 4. The summed E-state index contributed by atoms with van der Waals surface area (Å²) in [6.07, 6.45) is 4.94. The van der Waals surface area contributed by atoms with Crippen LogP contribution in [0.3, 0.4) is 0 Å². The van der Waals surface area contributed by atoms with Crippen LogP contribution in [0, 0.1) is 0 Å². The third kappa shape index (κ3) is 6.04. The second-order valence-electron chi connectivity index (χ2n) is 9.30. The van der Waals surface area contributed by atoms with Gasteiger partial charge in [0.25, 0.3) is 14.0 Å². The molecule has 0 radical (unpaired) electrons. The fourth-order valence-electron chi connectivity index (χ4n) is 4.74. The number of rotatable bonds is 8. The smallest absolute Gasteiger partial charge is 0.278 e. The van der Waals surface area contributed by atoms with Crippen LogP contribution in [-0.4, -0.2) is 99.4 Å². The highest BCUT2D eigenvalue weighted by atomic mass is 16.5. The van der Waals surface area contributed by atoms with Crippen molar-refractivity contribution >= 4 is 36.8 Å².